The van der Waals surface area contributed by atoms with Gasteiger partial charge in [-0.2, -0.15) is 0 Å². The van der Waals surface area contributed by atoms with Crippen molar-refractivity contribution >= 4 is 23.5 Å². The van der Waals surface area contributed by atoms with E-state index in [0.717, 1.165) is 24.2 Å². The summed E-state index contributed by atoms with van der Waals surface area (Å²) in [5.74, 6) is -0.521. The van der Waals surface area contributed by atoms with Crippen LogP contribution in [0.1, 0.15) is 86.8 Å². The third kappa shape index (κ3) is 7.54. The summed E-state index contributed by atoms with van der Waals surface area (Å²) in [5, 5.41) is 18.4. The summed E-state index contributed by atoms with van der Waals surface area (Å²) in [6.07, 6.45) is 3.43. The number of rotatable bonds is 15. The molecule has 0 amide bonds. The lowest BCUT2D eigenvalue weighted by atomic mass is 9.98. The van der Waals surface area contributed by atoms with E-state index in [0.29, 0.717) is 67.3 Å². The van der Waals surface area contributed by atoms with E-state index < -0.39 is 11.9 Å². The lowest BCUT2D eigenvalue weighted by Gasteiger charge is -2.22. The Labute approximate surface area is 244 Å². The summed E-state index contributed by atoms with van der Waals surface area (Å²) in [6.45, 7) is 3.25. The summed E-state index contributed by atoms with van der Waals surface area (Å²) in [6, 6.07) is 14.2. The molecule has 9 nitrogen and oxygen atoms in total. The van der Waals surface area contributed by atoms with Crippen LogP contribution in [0.25, 0.3) is 0 Å². The van der Waals surface area contributed by atoms with Gasteiger partial charge in [-0.3, -0.25) is 14.4 Å². The van der Waals surface area contributed by atoms with Gasteiger partial charge in [0.05, 0.1) is 30.9 Å². The third-order valence-electron chi connectivity index (χ3n) is 6.95. The lowest BCUT2D eigenvalue weighted by Crippen LogP contribution is -2.17. The van der Waals surface area contributed by atoms with Crippen molar-refractivity contribution in [2.45, 2.75) is 51.9 Å². The minimum Gasteiger partial charge on any atom is -0.493 e. The Bertz CT molecular complexity index is 1470. The van der Waals surface area contributed by atoms with Crippen molar-refractivity contribution in [3.05, 3.63) is 88.0 Å². The molecular formula is C33H34O9. The summed E-state index contributed by atoms with van der Waals surface area (Å²) >= 11 is 0. The maximum Gasteiger partial charge on any atom is 0.335 e. The van der Waals surface area contributed by atoms with Crippen LogP contribution in [0.4, 0.5) is 0 Å². The molecule has 1 heterocycles. The molecule has 3 aromatic rings. The maximum atomic E-state index is 13.0. The Morgan fingerprint density at radius 3 is 2.26 bits per heavy atom. The third-order valence-corrected chi connectivity index (χ3v) is 6.95. The smallest absolute Gasteiger partial charge is 0.335 e. The molecule has 0 radical (unpaired) electrons. The molecule has 0 atom stereocenters. The number of aromatic carboxylic acids is 1. The van der Waals surface area contributed by atoms with E-state index in [1.165, 1.54) is 18.2 Å². The highest BCUT2D eigenvalue weighted by molar-refractivity contribution is 6.10. The number of hydrogen-bond donors (Lipinski definition) is 2. The van der Waals surface area contributed by atoms with Gasteiger partial charge >= 0.3 is 11.9 Å². The van der Waals surface area contributed by atoms with Crippen molar-refractivity contribution < 1.29 is 43.6 Å². The van der Waals surface area contributed by atoms with Crippen LogP contribution in [0.3, 0.4) is 0 Å². The van der Waals surface area contributed by atoms with Crippen LogP contribution in [-0.2, 0) is 17.6 Å². The number of unbranched alkanes of at least 4 members (excludes halogenated alkanes) is 1. The maximum absolute atomic E-state index is 13.0. The molecule has 9 heteroatoms. The zero-order valence-corrected chi connectivity index (χ0v) is 23.5. The van der Waals surface area contributed by atoms with Gasteiger partial charge in [0.25, 0.3) is 0 Å². The van der Waals surface area contributed by atoms with Gasteiger partial charge in [-0.05, 0) is 73.7 Å². The zero-order valence-electron chi connectivity index (χ0n) is 23.5. The van der Waals surface area contributed by atoms with E-state index in [-0.39, 0.29) is 35.5 Å². The number of carboxylic acids is 2. The predicted octanol–water partition coefficient (Wildman–Crippen LogP) is 5.79. The second kappa shape index (κ2) is 14.3. The predicted molar refractivity (Wildman–Crippen MR) is 154 cm³/mol. The Hall–Kier alpha value is -4.66. The van der Waals surface area contributed by atoms with Crippen molar-refractivity contribution in [3.8, 4) is 17.2 Å². The van der Waals surface area contributed by atoms with Gasteiger partial charge in [0, 0.05) is 29.5 Å². The van der Waals surface area contributed by atoms with E-state index in [2.05, 4.69) is 6.92 Å². The normalized spacial score (nSPS) is 12.3. The summed E-state index contributed by atoms with van der Waals surface area (Å²) in [4.78, 5) is 47.8. The van der Waals surface area contributed by atoms with Gasteiger partial charge < -0.3 is 24.4 Å². The monoisotopic (exact) mass is 574 g/mol. The van der Waals surface area contributed by atoms with Crippen LogP contribution in [0.2, 0.25) is 0 Å². The SMILES string of the molecule is CCCc1c(OCCCCOc2ccc(C(=O)c3cccc(C(=O)O)c3)cc2CCC(=O)O)ccc2c1OCCC2=O. The van der Waals surface area contributed by atoms with Crippen LogP contribution in [-0.4, -0.2) is 53.5 Å². The molecular weight excluding hydrogens is 540 g/mol. The fourth-order valence-electron chi connectivity index (χ4n) is 4.82. The first kappa shape index (κ1) is 30.3. The first-order valence-corrected chi connectivity index (χ1v) is 14.1. The Balaban J connectivity index is 1.36. The number of Topliss-reactive ketones (excluding diaryl/α,β-unsaturated/α-hetero) is 1. The average molecular weight is 575 g/mol. The van der Waals surface area contributed by atoms with E-state index >= 15 is 0 Å². The van der Waals surface area contributed by atoms with Gasteiger partial charge in [0.15, 0.2) is 11.6 Å². The largest absolute Gasteiger partial charge is 0.493 e. The number of fused-ring (bicyclic) bond motifs is 1. The Kier molecular flexibility index (Phi) is 10.3. The van der Waals surface area contributed by atoms with Crippen molar-refractivity contribution in [2.75, 3.05) is 19.8 Å². The van der Waals surface area contributed by atoms with Crippen LogP contribution in [0.15, 0.2) is 54.6 Å². The van der Waals surface area contributed by atoms with Crippen molar-refractivity contribution in [1.82, 2.24) is 0 Å². The van der Waals surface area contributed by atoms with E-state index in [4.69, 9.17) is 14.2 Å². The molecule has 4 rings (SSSR count). The first-order chi connectivity index (χ1) is 20.3. The van der Waals surface area contributed by atoms with E-state index in [1.54, 1.807) is 30.3 Å². The van der Waals surface area contributed by atoms with Gasteiger partial charge in [-0.1, -0.05) is 25.5 Å². The van der Waals surface area contributed by atoms with Crippen LogP contribution in [0, 0.1) is 0 Å². The number of benzene rings is 3. The van der Waals surface area contributed by atoms with Crippen LogP contribution in [0.5, 0.6) is 17.2 Å². The molecule has 1 aliphatic rings. The van der Waals surface area contributed by atoms with E-state index in [9.17, 15) is 29.4 Å². The molecule has 0 unspecified atom stereocenters. The molecule has 220 valence electrons. The van der Waals surface area contributed by atoms with Crippen molar-refractivity contribution in [2.24, 2.45) is 0 Å². The number of carbonyl (C=O) groups is 4. The Morgan fingerprint density at radius 2 is 1.55 bits per heavy atom. The van der Waals surface area contributed by atoms with E-state index in [1.807, 2.05) is 6.07 Å². The second-order valence-corrected chi connectivity index (χ2v) is 10.0. The fourth-order valence-corrected chi connectivity index (χ4v) is 4.82. The number of aliphatic carboxylic acids is 1. The lowest BCUT2D eigenvalue weighted by molar-refractivity contribution is -0.136. The molecule has 0 bridgehead atoms. The van der Waals surface area contributed by atoms with Gasteiger partial charge in [0.1, 0.15) is 17.2 Å². The highest BCUT2D eigenvalue weighted by Gasteiger charge is 2.24. The summed E-state index contributed by atoms with van der Waals surface area (Å²) < 4.78 is 17.8. The van der Waals surface area contributed by atoms with Crippen LogP contribution < -0.4 is 14.2 Å². The highest BCUT2D eigenvalue weighted by atomic mass is 16.5. The average Bonchev–Trinajstić information content (AvgIpc) is 2.99. The molecule has 0 spiro atoms. The molecule has 2 N–H and O–H groups in total. The molecule has 0 aromatic heterocycles. The summed E-state index contributed by atoms with van der Waals surface area (Å²) in [5.41, 5.74) is 2.68. The minimum atomic E-state index is -1.13. The number of carboxylic acid groups (broad SMARTS) is 2. The van der Waals surface area contributed by atoms with Crippen LogP contribution >= 0.6 is 0 Å². The number of carbonyl (C=O) groups excluding carboxylic acids is 2. The standard InChI is InChI=1S/C33H34O9/c1-2-6-26-29(13-11-25-27(34)15-18-42-32(25)26)41-17-4-3-16-40-28-12-9-23(19-21(28)10-14-30(35)36)31(37)22-7-5-8-24(20-22)33(38)39/h5,7-9,11-13,19-20H,2-4,6,10,14-18H2,1H3,(H,35,36)(H,38,39). The molecule has 3 aromatic carbocycles. The van der Waals surface area contributed by atoms with Crippen molar-refractivity contribution in [1.29, 1.82) is 0 Å². The minimum absolute atomic E-state index is 0.00697. The van der Waals surface area contributed by atoms with Crippen molar-refractivity contribution in [3.63, 3.8) is 0 Å². The summed E-state index contributed by atoms with van der Waals surface area (Å²) in [7, 11) is 0. The molecule has 0 fully saturated rings. The molecule has 0 saturated heterocycles. The Morgan fingerprint density at radius 1 is 0.857 bits per heavy atom. The zero-order chi connectivity index (χ0) is 30.1. The van der Waals surface area contributed by atoms with Gasteiger partial charge in [-0.25, -0.2) is 4.79 Å². The van der Waals surface area contributed by atoms with Gasteiger partial charge in [-0.15, -0.1) is 0 Å². The second-order valence-electron chi connectivity index (χ2n) is 10.0. The highest BCUT2D eigenvalue weighted by Crippen LogP contribution is 2.36. The number of hydrogen-bond acceptors (Lipinski definition) is 7. The quantitative estimate of drug-likeness (QED) is 0.171. The molecule has 42 heavy (non-hydrogen) atoms. The number of aryl methyl sites for hydroxylation is 1. The molecule has 0 saturated carbocycles. The molecule has 1 aliphatic heterocycles. The molecule has 0 aliphatic carbocycles. The number of ether oxygens (including phenoxy) is 3. The topological polar surface area (TPSA) is 136 Å². The number of ketones is 2. The first-order valence-electron chi connectivity index (χ1n) is 14.1. The fraction of sp³-hybridized carbons (Fsp3) is 0.333. The van der Waals surface area contributed by atoms with Gasteiger partial charge in [0.2, 0.25) is 0 Å².